The Morgan fingerprint density at radius 1 is 1.04 bits per heavy atom. The molecular formula is C18H35N3O2. The minimum Gasteiger partial charge on any atom is -0.353 e. The van der Waals surface area contributed by atoms with Gasteiger partial charge in [-0.3, -0.25) is 9.59 Å². The maximum absolute atomic E-state index is 12.4. The molecule has 0 bridgehead atoms. The maximum atomic E-state index is 12.4. The Balaban J connectivity index is 2.21. The first-order valence-electron chi connectivity index (χ1n) is 9.42. The second kappa shape index (κ2) is 12.3. The van der Waals surface area contributed by atoms with Crippen molar-refractivity contribution in [1.29, 1.82) is 0 Å². The number of carbonyl (C=O) groups is 2. The molecule has 5 heteroatoms. The van der Waals surface area contributed by atoms with Gasteiger partial charge in [0.05, 0.1) is 0 Å². The minimum atomic E-state index is -0.246. The fraction of sp³-hybridized carbons (Fsp3) is 0.889. The van der Waals surface area contributed by atoms with Crippen molar-refractivity contribution < 1.29 is 9.59 Å². The van der Waals surface area contributed by atoms with E-state index in [4.69, 9.17) is 0 Å². The van der Waals surface area contributed by atoms with Crippen LogP contribution in [0.25, 0.3) is 0 Å². The zero-order valence-corrected chi connectivity index (χ0v) is 15.0. The lowest BCUT2D eigenvalue weighted by Gasteiger charge is -2.24. The number of hydrogen-bond acceptors (Lipinski definition) is 3. The summed E-state index contributed by atoms with van der Waals surface area (Å²) in [6.07, 6.45) is 10.8. The fourth-order valence-electron chi connectivity index (χ4n) is 3.14. The molecule has 1 atom stereocenters. The molecule has 0 radical (unpaired) electrons. The zero-order valence-electron chi connectivity index (χ0n) is 15.0. The number of nitrogens with one attached hydrogen (secondary N) is 2. The Kier molecular flexibility index (Phi) is 10.7. The van der Waals surface area contributed by atoms with Crippen molar-refractivity contribution >= 4 is 11.8 Å². The van der Waals surface area contributed by atoms with Gasteiger partial charge in [0.15, 0.2) is 0 Å². The molecule has 134 valence electrons. The largest absolute Gasteiger partial charge is 0.353 e. The molecule has 1 heterocycles. The van der Waals surface area contributed by atoms with Crippen LogP contribution in [0.3, 0.4) is 0 Å². The third-order valence-corrected chi connectivity index (χ3v) is 4.54. The number of likely N-dealkylation sites (tertiary alicyclic amines) is 1. The van der Waals surface area contributed by atoms with E-state index < -0.39 is 0 Å². The first-order chi connectivity index (χ1) is 11.2. The van der Waals surface area contributed by atoms with Crippen LogP contribution in [0.5, 0.6) is 0 Å². The molecule has 1 fully saturated rings. The van der Waals surface area contributed by atoms with E-state index in [-0.39, 0.29) is 17.9 Å². The van der Waals surface area contributed by atoms with Crippen LogP contribution in [-0.4, -0.2) is 49.4 Å². The van der Waals surface area contributed by atoms with Crippen molar-refractivity contribution in [3.05, 3.63) is 0 Å². The normalized spacial score (nSPS) is 17.5. The van der Waals surface area contributed by atoms with Gasteiger partial charge in [0.1, 0.15) is 6.04 Å². The summed E-state index contributed by atoms with van der Waals surface area (Å²) in [5, 5.41) is 5.92. The van der Waals surface area contributed by atoms with E-state index in [1.54, 1.807) is 4.90 Å². The van der Waals surface area contributed by atoms with Crippen molar-refractivity contribution in [1.82, 2.24) is 15.5 Å². The average Bonchev–Trinajstić information content (AvgIpc) is 3.03. The molecule has 0 spiro atoms. The SMILES string of the molecule is CCCCCCCCCC(=O)N1CCCC1C(=O)NCCNC. The number of likely N-dealkylation sites (N-methyl/N-ethyl adjacent to an activating group) is 1. The van der Waals surface area contributed by atoms with Crippen LogP contribution in [0.2, 0.25) is 0 Å². The predicted octanol–water partition coefficient (Wildman–Crippen LogP) is 2.45. The molecule has 1 aliphatic rings. The molecular weight excluding hydrogens is 290 g/mol. The molecule has 1 saturated heterocycles. The van der Waals surface area contributed by atoms with E-state index in [0.717, 1.165) is 38.8 Å². The molecule has 0 saturated carbocycles. The Hall–Kier alpha value is -1.10. The topological polar surface area (TPSA) is 61.4 Å². The van der Waals surface area contributed by atoms with Crippen LogP contribution in [0.15, 0.2) is 0 Å². The minimum absolute atomic E-state index is 0.00525. The van der Waals surface area contributed by atoms with E-state index >= 15 is 0 Å². The fourth-order valence-corrected chi connectivity index (χ4v) is 3.14. The van der Waals surface area contributed by atoms with Gasteiger partial charge in [-0.15, -0.1) is 0 Å². The van der Waals surface area contributed by atoms with Crippen LogP contribution in [-0.2, 0) is 9.59 Å². The summed E-state index contributed by atoms with van der Waals surface area (Å²) in [5.74, 6) is 0.162. The molecule has 0 aromatic heterocycles. The Morgan fingerprint density at radius 2 is 1.74 bits per heavy atom. The third kappa shape index (κ3) is 7.82. The second-order valence-corrected chi connectivity index (χ2v) is 6.51. The lowest BCUT2D eigenvalue weighted by Crippen LogP contribution is -2.47. The van der Waals surface area contributed by atoms with Crippen molar-refractivity contribution in [2.45, 2.75) is 77.2 Å². The molecule has 23 heavy (non-hydrogen) atoms. The molecule has 0 aliphatic carbocycles. The lowest BCUT2D eigenvalue weighted by molar-refractivity contribution is -0.138. The summed E-state index contributed by atoms with van der Waals surface area (Å²) in [6.45, 7) is 4.33. The predicted molar refractivity (Wildman–Crippen MR) is 94.3 cm³/mol. The molecule has 0 aromatic carbocycles. The van der Waals surface area contributed by atoms with Crippen LogP contribution in [0, 0.1) is 0 Å². The van der Waals surface area contributed by atoms with Crippen LogP contribution < -0.4 is 10.6 Å². The number of unbranched alkanes of at least 4 members (excludes halogenated alkanes) is 6. The van der Waals surface area contributed by atoms with E-state index in [2.05, 4.69) is 17.6 Å². The van der Waals surface area contributed by atoms with Gasteiger partial charge < -0.3 is 15.5 Å². The van der Waals surface area contributed by atoms with Crippen molar-refractivity contribution in [2.24, 2.45) is 0 Å². The number of amides is 2. The summed E-state index contributed by atoms with van der Waals surface area (Å²) in [6, 6.07) is -0.246. The van der Waals surface area contributed by atoms with Gasteiger partial charge >= 0.3 is 0 Å². The average molecular weight is 325 g/mol. The molecule has 1 unspecified atom stereocenters. The summed E-state index contributed by atoms with van der Waals surface area (Å²) in [7, 11) is 1.86. The van der Waals surface area contributed by atoms with Gasteiger partial charge in [-0.25, -0.2) is 0 Å². The summed E-state index contributed by atoms with van der Waals surface area (Å²) < 4.78 is 0. The maximum Gasteiger partial charge on any atom is 0.242 e. The highest BCUT2D eigenvalue weighted by Gasteiger charge is 2.33. The van der Waals surface area contributed by atoms with E-state index in [9.17, 15) is 9.59 Å². The summed E-state index contributed by atoms with van der Waals surface area (Å²) in [4.78, 5) is 26.3. The number of hydrogen-bond donors (Lipinski definition) is 2. The van der Waals surface area contributed by atoms with Crippen molar-refractivity contribution in [2.75, 3.05) is 26.7 Å². The molecule has 2 amide bonds. The van der Waals surface area contributed by atoms with Crippen LogP contribution >= 0.6 is 0 Å². The quantitative estimate of drug-likeness (QED) is 0.542. The zero-order chi connectivity index (χ0) is 16.9. The van der Waals surface area contributed by atoms with Crippen LogP contribution in [0.4, 0.5) is 0 Å². The number of carbonyl (C=O) groups excluding carboxylic acids is 2. The highest BCUT2D eigenvalue weighted by molar-refractivity contribution is 5.88. The summed E-state index contributed by atoms with van der Waals surface area (Å²) in [5.41, 5.74) is 0. The second-order valence-electron chi connectivity index (χ2n) is 6.51. The number of rotatable bonds is 12. The smallest absolute Gasteiger partial charge is 0.242 e. The highest BCUT2D eigenvalue weighted by atomic mass is 16.2. The monoisotopic (exact) mass is 325 g/mol. The van der Waals surface area contributed by atoms with Gasteiger partial charge in [0.2, 0.25) is 11.8 Å². The molecule has 5 nitrogen and oxygen atoms in total. The molecule has 0 aromatic rings. The lowest BCUT2D eigenvalue weighted by atomic mass is 10.1. The Labute approximate surface area is 141 Å². The molecule has 1 aliphatic heterocycles. The Bertz CT molecular complexity index is 347. The first-order valence-corrected chi connectivity index (χ1v) is 9.42. The standard InChI is InChI=1S/C18H35N3O2/c1-3-4-5-6-7-8-9-12-17(22)21-15-10-11-16(21)18(23)20-14-13-19-2/h16,19H,3-15H2,1-2H3,(H,20,23). The third-order valence-electron chi connectivity index (χ3n) is 4.54. The first kappa shape index (κ1) is 19.9. The van der Waals surface area contributed by atoms with Crippen LogP contribution in [0.1, 0.15) is 71.1 Å². The molecule has 1 rings (SSSR count). The van der Waals surface area contributed by atoms with Gasteiger partial charge in [0, 0.05) is 26.1 Å². The van der Waals surface area contributed by atoms with Gasteiger partial charge in [-0.1, -0.05) is 45.4 Å². The highest BCUT2D eigenvalue weighted by Crippen LogP contribution is 2.19. The van der Waals surface area contributed by atoms with E-state index in [1.807, 2.05) is 7.05 Å². The van der Waals surface area contributed by atoms with Crippen molar-refractivity contribution in [3.8, 4) is 0 Å². The van der Waals surface area contributed by atoms with Crippen molar-refractivity contribution in [3.63, 3.8) is 0 Å². The molecule has 2 N–H and O–H groups in total. The van der Waals surface area contributed by atoms with Gasteiger partial charge in [-0.05, 0) is 26.3 Å². The summed E-state index contributed by atoms with van der Waals surface area (Å²) >= 11 is 0. The van der Waals surface area contributed by atoms with E-state index in [1.165, 1.54) is 32.1 Å². The Morgan fingerprint density at radius 3 is 2.43 bits per heavy atom. The van der Waals surface area contributed by atoms with Gasteiger partial charge in [-0.2, -0.15) is 0 Å². The van der Waals surface area contributed by atoms with E-state index in [0.29, 0.717) is 13.0 Å². The number of nitrogens with zero attached hydrogens (tertiary/aromatic N) is 1. The van der Waals surface area contributed by atoms with Gasteiger partial charge in [0.25, 0.3) is 0 Å².